The molecule has 7 nitrogen and oxygen atoms in total. The van der Waals surface area contributed by atoms with Gasteiger partial charge in [-0.15, -0.1) is 10.2 Å². The molecule has 8 heteroatoms. The fraction of sp³-hybridized carbons (Fsp3) is 0.250. The SMILES string of the molecule is Cc1ccccc1-n1c(SCC(=O)N(Cc2ccccc2)c2ccccc2)nnc1N1CCOCC1. The predicted octanol–water partition coefficient (Wildman–Crippen LogP) is 4.74. The van der Waals surface area contributed by atoms with E-state index in [2.05, 4.69) is 38.7 Å². The van der Waals surface area contributed by atoms with Gasteiger partial charge in [-0.25, -0.2) is 0 Å². The lowest BCUT2D eigenvalue weighted by Gasteiger charge is -2.28. The number of morpholine rings is 1. The highest BCUT2D eigenvalue weighted by atomic mass is 32.2. The van der Waals surface area contributed by atoms with E-state index < -0.39 is 0 Å². The van der Waals surface area contributed by atoms with Crippen LogP contribution in [0.3, 0.4) is 0 Å². The number of carbonyl (C=O) groups is 1. The summed E-state index contributed by atoms with van der Waals surface area (Å²) in [6.07, 6.45) is 0. The first-order valence-corrected chi connectivity index (χ1v) is 13.1. The summed E-state index contributed by atoms with van der Waals surface area (Å²) >= 11 is 1.42. The third-order valence-corrected chi connectivity index (χ3v) is 7.06. The molecule has 1 saturated heterocycles. The van der Waals surface area contributed by atoms with Gasteiger partial charge in [0.1, 0.15) is 0 Å². The highest BCUT2D eigenvalue weighted by Gasteiger charge is 2.24. The van der Waals surface area contributed by atoms with Crippen LogP contribution in [0, 0.1) is 6.92 Å². The monoisotopic (exact) mass is 499 g/mol. The van der Waals surface area contributed by atoms with Crippen LogP contribution in [0.1, 0.15) is 11.1 Å². The quantitative estimate of drug-likeness (QED) is 0.327. The molecular formula is C28H29N5O2S. The largest absolute Gasteiger partial charge is 0.378 e. The molecular weight excluding hydrogens is 470 g/mol. The molecule has 184 valence electrons. The summed E-state index contributed by atoms with van der Waals surface area (Å²) < 4.78 is 7.61. The van der Waals surface area contributed by atoms with Crippen molar-refractivity contribution in [3.05, 3.63) is 96.1 Å². The Bertz CT molecular complexity index is 1290. The Labute approximate surface area is 215 Å². The second-order valence-corrected chi connectivity index (χ2v) is 9.54. The van der Waals surface area contributed by atoms with Crippen molar-refractivity contribution in [3.8, 4) is 5.69 Å². The van der Waals surface area contributed by atoms with Gasteiger partial charge < -0.3 is 14.5 Å². The van der Waals surface area contributed by atoms with Crippen LogP contribution < -0.4 is 9.80 Å². The molecule has 1 aliphatic heterocycles. The average molecular weight is 500 g/mol. The summed E-state index contributed by atoms with van der Waals surface area (Å²) in [4.78, 5) is 17.6. The van der Waals surface area contributed by atoms with Crippen molar-refractivity contribution in [2.24, 2.45) is 0 Å². The Balaban J connectivity index is 1.42. The maximum Gasteiger partial charge on any atom is 0.237 e. The molecule has 1 aliphatic rings. The summed E-state index contributed by atoms with van der Waals surface area (Å²) in [6.45, 7) is 5.42. The van der Waals surface area contributed by atoms with Gasteiger partial charge in [0.2, 0.25) is 11.9 Å². The van der Waals surface area contributed by atoms with Gasteiger partial charge in [-0.2, -0.15) is 0 Å². The first kappa shape index (κ1) is 24.1. The van der Waals surface area contributed by atoms with Gasteiger partial charge in [0.05, 0.1) is 31.2 Å². The standard InChI is InChI=1S/C28H29N5O2S/c1-22-10-8-9-15-25(22)33-27(31-16-18-35-19-17-31)29-30-28(33)36-21-26(34)32(24-13-6-3-7-14-24)20-23-11-4-2-5-12-23/h2-15H,16-21H2,1H3. The molecule has 2 heterocycles. The molecule has 1 fully saturated rings. The zero-order valence-electron chi connectivity index (χ0n) is 20.3. The van der Waals surface area contributed by atoms with E-state index >= 15 is 0 Å². The Hall–Kier alpha value is -3.62. The van der Waals surface area contributed by atoms with Gasteiger partial charge in [-0.05, 0) is 36.2 Å². The molecule has 0 radical (unpaired) electrons. The Morgan fingerprint density at radius 2 is 1.58 bits per heavy atom. The van der Waals surface area contributed by atoms with Gasteiger partial charge in [0.15, 0.2) is 5.16 Å². The highest BCUT2D eigenvalue weighted by Crippen LogP contribution is 2.29. The van der Waals surface area contributed by atoms with E-state index in [4.69, 9.17) is 4.74 Å². The first-order chi connectivity index (χ1) is 17.7. The molecule has 0 unspecified atom stereocenters. The summed E-state index contributed by atoms with van der Waals surface area (Å²) in [7, 11) is 0. The van der Waals surface area contributed by atoms with Crippen molar-refractivity contribution < 1.29 is 9.53 Å². The minimum absolute atomic E-state index is 0.0160. The van der Waals surface area contributed by atoms with Gasteiger partial charge in [-0.3, -0.25) is 9.36 Å². The van der Waals surface area contributed by atoms with E-state index in [1.165, 1.54) is 11.8 Å². The van der Waals surface area contributed by atoms with Crippen LogP contribution in [0.4, 0.5) is 11.6 Å². The molecule has 4 aromatic rings. The van der Waals surface area contributed by atoms with Crippen molar-refractivity contribution in [1.29, 1.82) is 0 Å². The van der Waals surface area contributed by atoms with Gasteiger partial charge >= 0.3 is 0 Å². The topological polar surface area (TPSA) is 63.5 Å². The number of amides is 1. The Morgan fingerprint density at radius 1 is 0.917 bits per heavy atom. The number of anilines is 2. The number of thioether (sulfide) groups is 1. The van der Waals surface area contributed by atoms with Crippen LogP contribution in [0.15, 0.2) is 90.1 Å². The van der Waals surface area contributed by atoms with E-state index in [-0.39, 0.29) is 11.7 Å². The number of nitrogens with zero attached hydrogens (tertiary/aromatic N) is 5. The van der Waals surface area contributed by atoms with Crippen molar-refractivity contribution in [3.63, 3.8) is 0 Å². The Kier molecular flexibility index (Phi) is 7.64. The zero-order valence-corrected chi connectivity index (χ0v) is 21.1. The van der Waals surface area contributed by atoms with E-state index in [1.54, 1.807) is 0 Å². The van der Waals surface area contributed by atoms with Crippen molar-refractivity contribution in [2.45, 2.75) is 18.6 Å². The fourth-order valence-corrected chi connectivity index (χ4v) is 5.07. The zero-order chi connectivity index (χ0) is 24.7. The summed E-state index contributed by atoms with van der Waals surface area (Å²) in [5.41, 5.74) is 4.09. The van der Waals surface area contributed by atoms with Crippen LogP contribution in [0.5, 0.6) is 0 Å². The molecule has 3 aromatic carbocycles. The highest BCUT2D eigenvalue weighted by molar-refractivity contribution is 7.99. The number of aromatic nitrogens is 3. The van der Waals surface area contributed by atoms with Gasteiger partial charge in [0, 0.05) is 18.8 Å². The smallest absolute Gasteiger partial charge is 0.237 e. The van der Waals surface area contributed by atoms with E-state index in [9.17, 15) is 4.79 Å². The normalized spacial score (nSPS) is 13.5. The lowest BCUT2D eigenvalue weighted by atomic mass is 10.2. The summed E-state index contributed by atoms with van der Waals surface area (Å²) in [6, 6.07) is 28.1. The third-order valence-electron chi connectivity index (χ3n) is 6.14. The molecule has 0 atom stereocenters. The number of hydrogen-bond acceptors (Lipinski definition) is 6. The van der Waals surface area contributed by atoms with Gasteiger partial charge in [0.25, 0.3) is 0 Å². The maximum absolute atomic E-state index is 13.6. The predicted molar refractivity (Wildman–Crippen MR) is 144 cm³/mol. The third kappa shape index (κ3) is 5.45. The van der Waals surface area contributed by atoms with Crippen LogP contribution in [0.2, 0.25) is 0 Å². The van der Waals surface area contributed by atoms with E-state index in [1.807, 2.05) is 77.7 Å². The Morgan fingerprint density at radius 3 is 2.31 bits per heavy atom. The van der Waals surface area contributed by atoms with E-state index in [0.29, 0.717) is 24.9 Å². The van der Waals surface area contributed by atoms with Crippen LogP contribution in [0.25, 0.3) is 5.69 Å². The average Bonchev–Trinajstić information content (AvgIpc) is 3.36. The number of para-hydroxylation sites is 2. The van der Waals surface area contributed by atoms with Crippen LogP contribution in [-0.2, 0) is 16.1 Å². The number of carbonyl (C=O) groups excluding carboxylic acids is 1. The first-order valence-electron chi connectivity index (χ1n) is 12.1. The molecule has 0 spiro atoms. The minimum Gasteiger partial charge on any atom is -0.378 e. The molecule has 36 heavy (non-hydrogen) atoms. The summed E-state index contributed by atoms with van der Waals surface area (Å²) in [5, 5.41) is 9.76. The maximum atomic E-state index is 13.6. The van der Waals surface area contributed by atoms with Crippen molar-refractivity contribution >= 4 is 29.3 Å². The minimum atomic E-state index is 0.0160. The molecule has 0 saturated carbocycles. The van der Waals surface area contributed by atoms with Crippen LogP contribution >= 0.6 is 11.8 Å². The van der Waals surface area contributed by atoms with Crippen LogP contribution in [-0.4, -0.2) is 52.7 Å². The fourth-order valence-electron chi connectivity index (χ4n) is 4.25. The molecule has 0 bridgehead atoms. The number of hydrogen-bond donors (Lipinski definition) is 0. The number of rotatable bonds is 8. The molecule has 1 aromatic heterocycles. The number of benzene rings is 3. The van der Waals surface area contributed by atoms with Gasteiger partial charge in [-0.1, -0.05) is 78.5 Å². The molecule has 0 aliphatic carbocycles. The van der Waals surface area contributed by atoms with E-state index in [0.717, 1.165) is 41.5 Å². The number of aryl methyl sites for hydroxylation is 1. The second kappa shape index (κ2) is 11.4. The van der Waals surface area contributed by atoms with Crippen molar-refractivity contribution in [2.75, 3.05) is 41.9 Å². The molecule has 1 amide bonds. The second-order valence-electron chi connectivity index (χ2n) is 8.59. The summed E-state index contributed by atoms with van der Waals surface area (Å²) in [5.74, 6) is 1.04. The van der Waals surface area contributed by atoms with Crippen molar-refractivity contribution in [1.82, 2.24) is 14.8 Å². The lowest BCUT2D eigenvalue weighted by molar-refractivity contribution is -0.116. The molecule has 0 N–H and O–H groups in total. The molecule has 5 rings (SSSR count). The lowest BCUT2D eigenvalue weighted by Crippen LogP contribution is -2.38. The number of ether oxygens (including phenoxy) is 1.